The highest BCUT2D eigenvalue weighted by Crippen LogP contribution is 2.54. The summed E-state index contributed by atoms with van der Waals surface area (Å²) >= 11 is 0. The van der Waals surface area contributed by atoms with Gasteiger partial charge in [0.25, 0.3) is 0 Å². The molecular formula is C22H25FN2O3. The minimum absolute atomic E-state index is 0.290. The van der Waals surface area contributed by atoms with Crippen molar-refractivity contribution >= 4 is 22.6 Å². The summed E-state index contributed by atoms with van der Waals surface area (Å²) in [5.41, 5.74) is 2.39. The van der Waals surface area contributed by atoms with Crippen molar-refractivity contribution in [2.24, 2.45) is 11.3 Å². The van der Waals surface area contributed by atoms with E-state index in [4.69, 9.17) is 0 Å². The number of hydrogen-bond donors (Lipinski definition) is 1. The van der Waals surface area contributed by atoms with Gasteiger partial charge in [0.1, 0.15) is 11.7 Å². The summed E-state index contributed by atoms with van der Waals surface area (Å²) in [7, 11) is 0. The molecule has 2 heterocycles. The zero-order valence-corrected chi connectivity index (χ0v) is 16.2. The number of pyridine rings is 1. The number of carbonyl (C=O) groups is 1. The largest absolute Gasteiger partial charge is 0.477 e. The maximum Gasteiger partial charge on any atom is 0.341 e. The van der Waals surface area contributed by atoms with Gasteiger partial charge in [0.15, 0.2) is 0 Å². The van der Waals surface area contributed by atoms with Crippen LogP contribution >= 0.6 is 0 Å². The molecule has 2 aromatic rings. The van der Waals surface area contributed by atoms with Crippen LogP contribution in [0.5, 0.6) is 0 Å². The summed E-state index contributed by atoms with van der Waals surface area (Å²) in [4.78, 5) is 26.6. The first-order valence-electron chi connectivity index (χ1n) is 10.1. The second kappa shape index (κ2) is 5.82. The molecule has 0 spiro atoms. The van der Waals surface area contributed by atoms with Crippen molar-refractivity contribution in [3.8, 4) is 0 Å². The van der Waals surface area contributed by atoms with Crippen molar-refractivity contribution in [1.29, 1.82) is 0 Å². The predicted molar refractivity (Wildman–Crippen MR) is 106 cm³/mol. The van der Waals surface area contributed by atoms with E-state index in [0.717, 1.165) is 24.3 Å². The molecule has 1 aromatic carbocycles. The van der Waals surface area contributed by atoms with E-state index >= 15 is 0 Å². The number of nitrogens with zero attached hydrogens (tertiary/aromatic N) is 2. The van der Waals surface area contributed by atoms with Crippen LogP contribution in [-0.2, 0) is 0 Å². The molecule has 6 heteroatoms. The SMILES string of the molecule is Cc1c(N2CC[C@@H](C3(C)CC3)C2)ccc2c(=O)c(C(=O)O)cn([C@@H]3C[C@@H]3F)c12. The molecule has 1 N–H and O–H groups in total. The van der Waals surface area contributed by atoms with Crippen molar-refractivity contribution in [2.45, 2.75) is 51.7 Å². The van der Waals surface area contributed by atoms with Crippen LogP contribution in [-0.4, -0.2) is 34.9 Å². The lowest BCUT2D eigenvalue weighted by Gasteiger charge is -2.25. The van der Waals surface area contributed by atoms with Gasteiger partial charge >= 0.3 is 5.97 Å². The molecule has 1 aromatic heterocycles. The molecule has 1 aliphatic heterocycles. The lowest BCUT2D eigenvalue weighted by Crippen LogP contribution is -2.24. The number of carboxylic acids is 1. The van der Waals surface area contributed by atoms with E-state index in [2.05, 4.69) is 11.8 Å². The first-order chi connectivity index (χ1) is 13.3. The fraction of sp³-hybridized carbons (Fsp3) is 0.545. The molecule has 5 nitrogen and oxygen atoms in total. The quantitative estimate of drug-likeness (QED) is 0.868. The van der Waals surface area contributed by atoms with Gasteiger partial charge in [-0.3, -0.25) is 4.79 Å². The second-order valence-electron chi connectivity index (χ2n) is 9.09. The number of rotatable bonds is 4. The molecule has 2 saturated carbocycles. The number of carboxylic acid groups (broad SMARTS) is 1. The van der Waals surface area contributed by atoms with Gasteiger partial charge in [-0.2, -0.15) is 0 Å². The number of aromatic nitrogens is 1. The molecule has 148 valence electrons. The molecular weight excluding hydrogens is 359 g/mol. The summed E-state index contributed by atoms with van der Waals surface area (Å²) < 4.78 is 15.6. The highest BCUT2D eigenvalue weighted by molar-refractivity contribution is 5.95. The van der Waals surface area contributed by atoms with E-state index in [0.29, 0.717) is 28.7 Å². The van der Waals surface area contributed by atoms with Crippen molar-refractivity contribution < 1.29 is 14.3 Å². The predicted octanol–water partition coefficient (Wildman–Crippen LogP) is 3.92. The van der Waals surface area contributed by atoms with Crippen molar-refractivity contribution in [3.05, 3.63) is 39.7 Å². The smallest absolute Gasteiger partial charge is 0.341 e. The highest BCUT2D eigenvalue weighted by Gasteiger charge is 2.47. The fourth-order valence-corrected chi connectivity index (χ4v) is 4.96. The normalized spacial score (nSPS) is 28.0. The first-order valence-corrected chi connectivity index (χ1v) is 10.1. The Morgan fingerprint density at radius 3 is 2.64 bits per heavy atom. The van der Waals surface area contributed by atoms with Crippen molar-refractivity contribution in [3.63, 3.8) is 0 Å². The van der Waals surface area contributed by atoms with Gasteiger partial charge in [0, 0.05) is 36.8 Å². The number of hydrogen-bond acceptors (Lipinski definition) is 3. The summed E-state index contributed by atoms with van der Waals surface area (Å²) in [6.45, 7) is 6.33. The van der Waals surface area contributed by atoms with E-state index in [1.165, 1.54) is 25.5 Å². The number of alkyl halides is 1. The maximum absolute atomic E-state index is 13.9. The average Bonchev–Trinajstić information content (AvgIpc) is 3.52. The van der Waals surface area contributed by atoms with E-state index in [1.807, 2.05) is 13.0 Å². The standard InChI is InChI=1S/C22H25FN2O3/c1-12-17(24-8-5-13(10-24)22(2)6-7-22)4-3-14-19(12)25(18-9-16(18)23)11-15(20(14)26)21(27)28/h3-4,11,13,16,18H,5-10H2,1-2H3,(H,27,28)/t13-,16+,18-/m1/s1. The monoisotopic (exact) mass is 384 g/mol. The Morgan fingerprint density at radius 2 is 2.04 bits per heavy atom. The Balaban J connectivity index is 1.63. The zero-order valence-electron chi connectivity index (χ0n) is 16.2. The Morgan fingerprint density at radius 1 is 1.32 bits per heavy atom. The molecule has 5 rings (SSSR count). The number of benzene rings is 1. The van der Waals surface area contributed by atoms with Crippen LogP contribution in [0.25, 0.3) is 10.9 Å². The molecule has 3 aliphatic rings. The van der Waals surface area contributed by atoms with Gasteiger partial charge in [-0.25, -0.2) is 9.18 Å². The van der Waals surface area contributed by atoms with Gasteiger partial charge in [-0.15, -0.1) is 0 Å². The molecule has 0 unspecified atom stereocenters. The van der Waals surface area contributed by atoms with Crippen LogP contribution < -0.4 is 10.3 Å². The molecule has 3 fully saturated rings. The average molecular weight is 384 g/mol. The van der Waals surface area contributed by atoms with Crippen molar-refractivity contribution in [1.82, 2.24) is 4.57 Å². The number of aryl methyl sites for hydroxylation is 1. The van der Waals surface area contributed by atoms with Gasteiger partial charge in [0.05, 0.1) is 11.6 Å². The topological polar surface area (TPSA) is 62.5 Å². The summed E-state index contributed by atoms with van der Waals surface area (Å²) in [6, 6.07) is 3.28. The Hall–Kier alpha value is -2.37. The van der Waals surface area contributed by atoms with E-state index in [1.54, 1.807) is 10.6 Å². The lowest BCUT2D eigenvalue weighted by molar-refractivity contribution is 0.0694. The Kier molecular flexibility index (Phi) is 3.68. The van der Waals surface area contributed by atoms with Gasteiger partial charge < -0.3 is 14.6 Å². The van der Waals surface area contributed by atoms with Crippen LogP contribution in [0.3, 0.4) is 0 Å². The third-order valence-corrected chi connectivity index (χ3v) is 7.24. The molecule has 0 amide bonds. The second-order valence-corrected chi connectivity index (χ2v) is 9.09. The minimum Gasteiger partial charge on any atom is -0.477 e. The molecule has 0 bridgehead atoms. The van der Waals surface area contributed by atoms with Crippen LogP contribution in [0, 0.1) is 18.3 Å². The number of anilines is 1. The number of aromatic carboxylic acids is 1. The molecule has 28 heavy (non-hydrogen) atoms. The molecule has 2 aliphatic carbocycles. The van der Waals surface area contributed by atoms with Crippen LogP contribution in [0.2, 0.25) is 0 Å². The molecule has 1 saturated heterocycles. The van der Waals surface area contributed by atoms with Crippen molar-refractivity contribution in [2.75, 3.05) is 18.0 Å². The minimum atomic E-state index is -1.27. The van der Waals surface area contributed by atoms with Crippen LogP contribution in [0.15, 0.2) is 23.1 Å². The molecule has 0 radical (unpaired) electrons. The third-order valence-electron chi connectivity index (χ3n) is 7.24. The van der Waals surface area contributed by atoms with Crippen LogP contribution in [0.1, 0.15) is 54.6 Å². The maximum atomic E-state index is 13.9. The van der Waals surface area contributed by atoms with Gasteiger partial charge in [-0.1, -0.05) is 6.92 Å². The highest BCUT2D eigenvalue weighted by atomic mass is 19.1. The number of halogens is 1. The van der Waals surface area contributed by atoms with E-state index < -0.39 is 17.6 Å². The lowest BCUT2D eigenvalue weighted by atomic mass is 9.90. The fourth-order valence-electron chi connectivity index (χ4n) is 4.96. The van der Waals surface area contributed by atoms with Crippen LogP contribution in [0.4, 0.5) is 10.1 Å². The summed E-state index contributed by atoms with van der Waals surface area (Å²) in [5, 5.41) is 9.78. The third kappa shape index (κ3) is 2.57. The van der Waals surface area contributed by atoms with Gasteiger partial charge in [-0.05, 0) is 55.2 Å². The Labute approximate surface area is 162 Å². The summed E-state index contributed by atoms with van der Waals surface area (Å²) in [6.07, 6.45) is 4.50. The van der Waals surface area contributed by atoms with E-state index in [9.17, 15) is 19.1 Å². The van der Waals surface area contributed by atoms with E-state index in [-0.39, 0.29) is 11.6 Å². The van der Waals surface area contributed by atoms with Gasteiger partial charge in [0.2, 0.25) is 5.43 Å². The number of fused-ring (bicyclic) bond motifs is 1. The Bertz CT molecular complexity index is 1060. The molecule has 3 atom stereocenters. The first kappa shape index (κ1) is 17.7. The summed E-state index contributed by atoms with van der Waals surface area (Å²) in [5.74, 6) is -0.573. The zero-order chi connectivity index (χ0) is 19.8.